The van der Waals surface area contributed by atoms with Gasteiger partial charge in [-0.25, -0.2) is 0 Å². The molecule has 7 nitrogen and oxygen atoms in total. The Morgan fingerprint density at radius 3 is 2.24 bits per heavy atom. The minimum Gasteiger partial charge on any atom is -0.492 e. The summed E-state index contributed by atoms with van der Waals surface area (Å²) >= 11 is 6.46. The normalized spacial score (nSPS) is 15.0. The molecule has 1 amide bonds. The first-order valence-electron chi connectivity index (χ1n) is 11.2. The number of hydrogen-bond donors (Lipinski definition) is 2. The first-order valence-corrected chi connectivity index (χ1v) is 11.6. The fourth-order valence-corrected chi connectivity index (χ4v) is 4.49. The molecule has 34 heavy (non-hydrogen) atoms. The van der Waals surface area contributed by atoms with Crippen LogP contribution in [-0.2, 0) is 11.2 Å². The lowest BCUT2D eigenvalue weighted by molar-refractivity contribution is -0.136. The Morgan fingerprint density at radius 2 is 1.65 bits per heavy atom. The average molecular weight is 484 g/mol. The third-order valence-corrected chi connectivity index (χ3v) is 5.92. The second-order valence-electron chi connectivity index (χ2n) is 8.09. The molecule has 1 heterocycles. The molecule has 0 aromatic heterocycles. The number of ether oxygens (including phenoxy) is 2. The molecular formula is C26H26ClNO6. The van der Waals surface area contributed by atoms with Gasteiger partial charge >= 0.3 is 5.97 Å². The lowest BCUT2D eigenvalue weighted by Crippen LogP contribution is -2.28. The van der Waals surface area contributed by atoms with Crippen molar-refractivity contribution in [3.05, 3.63) is 64.2 Å². The van der Waals surface area contributed by atoms with Crippen molar-refractivity contribution in [2.45, 2.75) is 39.3 Å². The van der Waals surface area contributed by atoms with E-state index in [4.69, 9.17) is 26.2 Å². The molecule has 0 fully saturated rings. The van der Waals surface area contributed by atoms with Crippen molar-refractivity contribution in [1.82, 2.24) is 0 Å². The lowest BCUT2D eigenvalue weighted by Gasteiger charge is -2.23. The van der Waals surface area contributed by atoms with Crippen LogP contribution >= 0.6 is 11.6 Å². The highest BCUT2D eigenvalue weighted by molar-refractivity contribution is 6.34. The van der Waals surface area contributed by atoms with E-state index in [1.165, 1.54) is 11.0 Å². The number of hydrogen-bond acceptors (Lipinski definition) is 5. The molecule has 178 valence electrons. The molecular weight excluding hydrogens is 458 g/mol. The van der Waals surface area contributed by atoms with Crippen molar-refractivity contribution >= 4 is 39.9 Å². The van der Waals surface area contributed by atoms with Crippen molar-refractivity contribution in [2.24, 2.45) is 0 Å². The van der Waals surface area contributed by atoms with Gasteiger partial charge in [0.2, 0.25) is 0 Å². The molecule has 0 saturated carbocycles. The Bertz CT molecular complexity index is 1260. The van der Waals surface area contributed by atoms with Crippen LogP contribution in [0.25, 0.3) is 10.8 Å². The predicted molar refractivity (Wildman–Crippen MR) is 130 cm³/mol. The van der Waals surface area contributed by atoms with Gasteiger partial charge in [0, 0.05) is 10.8 Å². The monoisotopic (exact) mass is 483 g/mol. The van der Waals surface area contributed by atoms with Crippen LogP contribution in [0, 0.1) is 0 Å². The smallest absolute Gasteiger partial charge is 0.307 e. The average Bonchev–Trinajstić information content (AvgIpc) is 3.06. The van der Waals surface area contributed by atoms with Gasteiger partial charge in [-0.1, -0.05) is 55.8 Å². The van der Waals surface area contributed by atoms with Crippen LogP contribution in [0.2, 0.25) is 5.02 Å². The summed E-state index contributed by atoms with van der Waals surface area (Å²) in [6.45, 7) is 4.77. The van der Waals surface area contributed by atoms with E-state index >= 15 is 0 Å². The number of rotatable bonds is 9. The maximum absolute atomic E-state index is 13.8. The van der Waals surface area contributed by atoms with Gasteiger partial charge in [0.15, 0.2) is 6.23 Å². The molecule has 1 aliphatic rings. The summed E-state index contributed by atoms with van der Waals surface area (Å²) in [5.74, 6) is -0.607. The Morgan fingerprint density at radius 1 is 1.03 bits per heavy atom. The van der Waals surface area contributed by atoms with Gasteiger partial charge in [-0.2, -0.15) is 0 Å². The van der Waals surface area contributed by atoms with E-state index in [0.29, 0.717) is 35.8 Å². The van der Waals surface area contributed by atoms with Gasteiger partial charge in [-0.3, -0.25) is 14.5 Å². The standard InChI is InChI=1S/C26H26ClNO6/c1-3-11-33-23-16-7-5-6-8-17(16)24(34-12-4-2)22-21(23)25(31)28(26(22)32)19-10-9-15(13-18(19)27)14-20(29)30/h5-10,13,25,31H,3-4,11-12,14H2,1-2H3,(H,29,30). The van der Waals surface area contributed by atoms with Crippen molar-refractivity contribution in [3.8, 4) is 11.5 Å². The summed E-state index contributed by atoms with van der Waals surface area (Å²) in [5, 5.41) is 22.1. The zero-order valence-electron chi connectivity index (χ0n) is 19.0. The number of amides is 1. The number of benzene rings is 3. The molecule has 0 aliphatic carbocycles. The molecule has 3 aromatic rings. The zero-order chi connectivity index (χ0) is 24.4. The lowest BCUT2D eigenvalue weighted by atomic mass is 9.98. The number of carbonyl (C=O) groups is 2. The SMILES string of the molecule is CCCOc1c2c(c(OCCC)c3ccccc13)C(O)N(c1ccc(CC(=O)O)cc1Cl)C2=O. The number of aliphatic hydroxyl groups is 1. The zero-order valence-corrected chi connectivity index (χ0v) is 19.8. The van der Waals surface area contributed by atoms with Crippen molar-refractivity contribution in [2.75, 3.05) is 18.1 Å². The molecule has 0 saturated heterocycles. The number of carboxylic acids is 1. The summed E-state index contributed by atoms with van der Waals surface area (Å²) in [6.07, 6.45) is -0.0617. The van der Waals surface area contributed by atoms with E-state index in [0.717, 1.165) is 23.6 Å². The van der Waals surface area contributed by atoms with E-state index in [1.54, 1.807) is 12.1 Å². The van der Waals surface area contributed by atoms with E-state index in [2.05, 4.69) is 0 Å². The summed E-state index contributed by atoms with van der Waals surface area (Å²) in [5.41, 5.74) is 1.35. The van der Waals surface area contributed by atoms with E-state index in [9.17, 15) is 14.7 Å². The summed E-state index contributed by atoms with van der Waals surface area (Å²) < 4.78 is 12.1. The van der Waals surface area contributed by atoms with Gasteiger partial charge < -0.3 is 19.7 Å². The van der Waals surface area contributed by atoms with Crippen LogP contribution in [0.4, 0.5) is 5.69 Å². The highest BCUT2D eigenvalue weighted by Gasteiger charge is 2.44. The fourth-order valence-electron chi connectivity index (χ4n) is 4.20. The van der Waals surface area contributed by atoms with Crippen LogP contribution < -0.4 is 14.4 Å². The number of halogens is 1. The van der Waals surface area contributed by atoms with Gasteiger partial charge in [0.1, 0.15) is 11.5 Å². The van der Waals surface area contributed by atoms with Gasteiger partial charge in [-0.05, 0) is 30.5 Å². The molecule has 0 radical (unpaired) electrons. The number of anilines is 1. The molecule has 1 unspecified atom stereocenters. The third kappa shape index (κ3) is 4.17. The summed E-state index contributed by atoms with van der Waals surface area (Å²) in [4.78, 5) is 26.0. The minimum absolute atomic E-state index is 0.163. The largest absolute Gasteiger partial charge is 0.492 e. The molecule has 0 spiro atoms. The van der Waals surface area contributed by atoms with Crippen LogP contribution in [-0.4, -0.2) is 35.3 Å². The number of fused-ring (bicyclic) bond motifs is 2. The summed E-state index contributed by atoms with van der Waals surface area (Å²) in [7, 11) is 0. The number of nitrogens with zero attached hydrogens (tertiary/aromatic N) is 1. The third-order valence-electron chi connectivity index (χ3n) is 5.62. The van der Waals surface area contributed by atoms with E-state index < -0.39 is 18.1 Å². The second-order valence-corrected chi connectivity index (χ2v) is 8.50. The second kappa shape index (κ2) is 9.91. The van der Waals surface area contributed by atoms with Crippen LogP contribution in [0.5, 0.6) is 11.5 Å². The first kappa shape index (κ1) is 23.9. The molecule has 8 heteroatoms. The number of aliphatic carboxylic acids is 1. The highest BCUT2D eigenvalue weighted by Crippen LogP contribution is 2.50. The van der Waals surface area contributed by atoms with Gasteiger partial charge in [0.25, 0.3) is 5.91 Å². The number of carboxylic acid groups (broad SMARTS) is 1. The first-order chi connectivity index (χ1) is 16.4. The maximum Gasteiger partial charge on any atom is 0.307 e. The fraction of sp³-hybridized carbons (Fsp3) is 0.308. The number of carbonyl (C=O) groups excluding carboxylic acids is 1. The van der Waals surface area contributed by atoms with Crippen LogP contribution in [0.1, 0.15) is 54.4 Å². The van der Waals surface area contributed by atoms with Crippen molar-refractivity contribution in [1.29, 1.82) is 0 Å². The summed E-state index contributed by atoms with van der Waals surface area (Å²) in [6, 6.07) is 12.1. The van der Waals surface area contributed by atoms with Crippen LogP contribution in [0.15, 0.2) is 42.5 Å². The quantitative estimate of drug-likeness (QED) is 0.426. The maximum atomic E-state index is 13.8. The molecule has 1 aliphatic heterocycles. The van der Waals surface area contributed by atoms with Crippen molar-refractivity contribution < 1.29 is 29.3 Å². The molecule has 0 bridgehead atoms. The molecule has 4 rings (SSSR count). The predicted octanol–water partition coefficient (Wildman–Crippen LogP) is 5.35. The minimum atomic E-state index is -1.36. The number of aliphatic hydroxyl groups excluding tert-OH is 1. The highest BCUT2D eigenvalue weighted by atomic mass is 35.5. The van der Waals surface area contributed by atoms with E-state index in [-0.39, 0.29) is 22.7 Å². The van der Waals surface area contributed by atoms with E-state index in [1.807, 2.05) is 38.1 Å². The topological polar surface area (TPSA) is 96.3 Å². The van der Waals surface area contributed by atoms with Gasteiger partial charge in [0.05, 0.1) is 41.5 Å². The molecule has 3 aromatic carbocycles. The van der Waals surface area contributed by atoms with Crippen molar-refractivity contribution in [3.63, 3.8) is 0 Å². The molecule has 1 atom stereocenters. The Hall–Kier alpha value is -3.29. The van der Waals surface area contributed by atoms with Crippen LogP contribution in [0.3, 0.4) is 0 Å². The Kier molecular flexibility index (Phi) is 6.95. The Labute approximate surface area is 202 Å². The molecule has 2 N–H and O–H groups in total. The van der Waals surface area contributed by atoms with Gasteiger partial charge in [-0.15, -0.1) is 0 Å². The Balaban J connectivity index is 1.91.